The molecule has 98 valence electrons. The molecule has 0 aliphatic rings. The fourth-order valence-corrected chi connectivity index (χ4v) is 2.21. The van der Waals surface area contributed by atoms with Crippen molar-refractivity contribution in [1.29, 1.82) is 0 Å². The first kappa shape index (κ1) is 12.9. The van der Waals surface area contributed by atoms with Crippen molar-refractivity contribution >= 4 is 0 Å². The predicted octanol–water partition coefficient (Wildman–Crippen LogP) is 2.00. The Morgan fingerprint density at radius 2 is 2.33 bits per heavy atom. The van der Waals surface area contributed by atoms with Crippen molar-refractivity contribution in [3.63, 3.8) is 0 Å². The molecule has 18 heavy (non-hydrogen) atoms. The van der Waals surface area contributed by atoms with Crippen molar-refractivity contribution in [3.05, 3.63) is 41.9 Å². The zero-order chi connectivity index (χ0) is 13.0. The summed E-state index contributed by atoms with van der Waals surface area (Å²) < 4.78 is 7.58. The molecule has 2 rings (SSSR count). The summed E-state index contributed by atoms with van der Waals surface area (Å²) >= 11 is 0. The number of hydrazine groups is 1. The van der Waals surface area contributed by atoms with E-state index in [1.807, 2.05) is 12.3 Å². The topological polar surface area (TPSA) is 69.0 Å². The molecule has 1 atom stereocenters. The van der Waals surface area contributed by atoms with E-state index >= 15 is 0 Å². The Kier molecular flexibility index (Phi) is 4.17. The average Bonchev–Trinajstić information content (AvgIpc) is 3.01. The monoisotopic (exact) mass is 248 g/mol. The third-order valence-corrected chi connectivity index (χ3v) is 3.05. The highest BCUT2D eigenvalue weighted by Crippen LogP contribution is 2.25. The first-order valence-electron chi connectivity index (χ1n) is 6.35. The number of furan rings is 1. The van der Waals surface area contributed by atoms with Crippen LogP contribution in [0, 0.1) is 0 Å². The van der Waals surface area contributed by atoms with Gasteiger partial charge in [0.25, 0.3) is 0 Å². The standard InChI is InChI=1S/C13H20N4O/c1-3-7-17-8-6-15-13(17)12(16-14)10-5-9-18-11(10)4-2/h5-6,8-9,12,16H,3-4,7,14H2,1-2H3. The molecule has 0 fully saturated rings. The Morgan fingerprint density at radius 1 is 1.50 bits per heavy atom. The fraction of sp³-hybridized carbons (Fsp3) is 0.462. The Hall–Kier alpha value is -1.59. The van der Waals surface area contributed by atoms with Crippen LogP contribution in [0.25, 0.3) is 0 Å². The van der Waals surface area contributed by atoms with Gasteiger partial charge in [-0.2, -0.15) is 0 Å². The van der Waals surface area contributed by atoms with Crippen molar-refractivity contribution in [2.75, 3.05) is 0 Å². The highest BCUT2D eigenvalue weighted by Gasteiger charge is 2.21. The van der Waals surface area contributed by atoms with E-state index in [1.165, 1.54) is 0 Å². The first-order chi connectivity index (χ1) is 8.81. The highest BCUT2D eigenvalue weighted by atomic mass is 16.3. The van der Waals surface area contributed by atoms with E-state index in [1.54, 1.807) is 12.5 Å². The van der Waals surface area contributed by atoms with Crippen molar-refractivity contribution in [2.24, 2.45) is 5.84 Å². The maximum absolute atomic E-state index is 5.70. The SMILES string of the molecule is CCCn1ccnc1C(NN)c1ccoc1CC. The minimum absolute atomic E-state index is 0.125. The summed E-state index contributed by atoms with van der Waals surface area (Å²) in [6.45, 7) is 5.14. The van der Waals surface area contributed by atoms with Crippen LogP contribution in [0.3, 0.4) is 0 Å². The molecule has 0 aromatic carbocycles. The lowest BCUT2D eigenvalue weighted by atomic mass is 10.1. The summed E-state index contributed by atoms with van der Waals surface area (Å²) in [5.74, 6) is 7.57. The van der Waals surface area contributed by atoms with Crippen LogP contribution in [-0.2, 0) is 13.0 Å². The second-order valence-electron chi connectivity index (χ2n) is 4.23. The lowest BCUT2D eigenvalue weighted by Gasteiger charge is -2.17. The van der Waals surface area contributed by atoms with E-state index in [2.05, 4.69) is 28.8 Å². The largest absolute Gasteiger partial charge is 0.469 e. The Bertz CT molecular complexity index is 489. The minimum Gasteiger partial charge on any atom is -0.469 e. The van der Waals surface area contributed by atoms with Crippen LogP contribution in [0.1, 0.15) is 43.5 Å². The molecule has 0 saturated heterocycles. The van der Waals surface area contributed by atoms with Crippen LogP contribution in [0.5, 0.6) is 0 Å². The van der Waals surface area contributed by atoms with E-state index in [0.717, 1.165) is 36.5 Å². The Morgan fingerprint density at radius 3 is 3.00 bits per heavy atom. The summed E-state index contributed by atoms with van der Waals surface area (Å²) in [5.41, 5.74) is 3.90. The molecule has 0 radical (unpaired) electrons. The normalized spacial score (nSPS) is 12.8. The summed E-state index contributed by atoms with van der Waals surface area (Å²) in [5, 5.41) is 0. The number of imidazole rings is 1. The first-order valence-corrected chi connectivity index (χ1v) is 6.35. The number of hydrogen-bond acceptors (Lipinski definition) is 4. The van der Waals surface area contributed by atoms with Gasteiger partial charge in [0.05, 0.1) is 6.26 Å². The second-order valence-corrected chi connectivity index (χ2v) is 4.23. The van der Waals surface area contributed by atoms with Crippen LogP contribution < -0.4 is 11.3 Å². The smallest absolute Gasteiger partial charge is 0.131 e. The van der Waals surface area contributed by atoms with E-state index in [-0.39, 0.29) is 6.04 Å². The van der Waals surface area contributed by atoms with Gasteiger partial charge in [-0.3, -0.25) is 5.84 Å². The van der Waals surface area contributed by atoms with Crippen LogP contribution in [0.4, 0.5) is 0 Å². The summed E-state index contributed by atoms with van der Waals surface area (Å²) in [6, 6.07) is 1.83. The fourth-order valence-electron chi connectivity index (χ4n) is 2.21. The van der Waals surface area contributed by atoms with Crippen molar-refractivity contribution in [2.45, 2.75) is 39.3 Å². The molecule has 0 spiro atoms. The van der Waals surface area contributed by atoms with Gasteiger partial charge in [-0.15, -0.1) is 0 Å². The van der Waals surface area contributed by atoms with E-state index < -0.39 is 0 Å². The molecule has 3 N–H and O–H groups in total. The van der Waals surface area contributed by atoms with Gasteiger partial charge in [0.1, 0.15) is 17.6 Å². The summed E-state index contributed by atoms with van der Waals surface area (Å²) in [4.78, 5) is 4.42. The molecule has 0 bridgehead atoms. The van der Waals surface area contributed by atoms with E-state index in [4.69, 9.17) is 10.3 Å². The van der Waals surface area contributed by atoms with Gasteiger partial charge in [-0.1, -0.05) is 13.8 Å². The molecular weight excluding hydrogens is 228 g/mol. The molecule has 5 heteroatoms. The zero-order valence-electron chi connectivity index (χ0n) is 10.9. The van der Waals surface area contributed by atoms with Crippen molar-refractivity contribution < 1.29 is 4.42 Å². The number of nitrogens with two attached hydrogens (primary N) is 1. The van der Waals surface area contributed by atoms with Gasteiger partial charge in [-0.05, 0) is 12.5 Å². The molecule has 0 aliphatic heterocycles. The van der Waals surface area contributed by atoms with Gasteiger partial charge >= 0.3 is 0 Å². The molecule has 0 amide bonds. The second kappa shape index (κ2) is 5.84. The highest BCUT2D eigenvalue weighted by molar-refractivity contribution is 5.27. The molecule has 2 aromatic rings. The minimum atomic E-state index is -0.125. The number of nitrogens with zero attached hydrogens (tertiary/aromatic N) is 2. The Labute approximate surface area is 107 Å². The van der Waals surface area contributed by atoms with E-state index in [9.17, 15) is 0 Å². The van der Waals surface area contributed by atoms with Crippen molar-refractivity contribution in [1.82, 2.24) is 15.0 Å². The molecular formula is C13H20N4O. The molecule has 5 nitrogen and oxygen atoms in total. The molecule has 2 heterocycles. The third kappa shape index (κ3) is 2.32. The lowest BCUT2D eigenvalue weighted by molar-refractivity contribution is 0.491. The number of hydrogen-bond donors (Lipinski definition) is 2. The lowest BCUT2D eigenvalue weighted by Crippen LogP contribution is -2.31. The molecule has 1 unspecified atom stereocenters. The average molecular weight is 248 g/mol. The number of nitrogens with one attached hydrogen (secondary N) is 1. The summed E-state index contributed by atoms with van der Waals surface area (Å²) in [6.07, 6.45) is 7.39. The van der Waals surface area contributed by atoms with Gasteiger partial charge in [0.15, 0.2) is 0 Å². The predicted molar refractivity (Wildman–Crippen MR) is 69.8 cm³/mol. The molecule has 0 saturated carbocycles. The van der Waals surface area contributed by atoms with Gasteiger partial charge in [0, 0.05) is 30.9 Å². The van der Waals surface area contributed by atoms with Crippen LogP contribution in [-0.4, -0.2) is 9.55 Å². The third-order valence-electron chi connectivity index (χ3n) is 3.05. The zero-order valence-corrected chi connectivity index (χ0v) is 10.9. The van der Waals surface area contributed by atoms with E-state index in [0.29, 0.717) is 0 Å². The quantitative estimate of drug-likeness (QED) is 0.606. The number of aryl methyl sites for hydroxylation is 2. The Balaban J connectivity index is 2.36. The van der Waals surface area contributed by atoms with Crippen LogP contribution >= 0.6 is 0 Å². The van der Waals surface area contributed by atoms with Crippen molar-refractivity contribution in [3.8, 4) is 0 Å². The van der Waals surface area contributed by atoms with Gasteiger partial charge < -0.3 is 8.98 Å². The molecule has 0 aliphatic carbocycles. The maximum atomic E-state index is 5.70. The number of aromatic nitrogens is 2. The van der Waals surface area contributed by atoms with Gasteiger partial charge in [0.2, 0.25) is 0 Å². The molecule has 2 aromatic heterocycles. The number of rotatable bonds is 6. The summed E-state index contributed by atoms with van der Waals surface area (Å²) in [7, 11) is 0. The van der Waals surface area contributed by atoms with Crippen LogP contribution in [0.15, 0.2) is 29.1 Å². The van der Waals surface area contributed by atoms with Crippen LogP contribution in [0.2, 0.25) is 0 Å². The van der Waals surface area contributed by atoms with Gasteiger partial charge in [-0.25, -0.2) is 10.4 Å². The maximum Gasteiger partial charge on any atom is 0.131 e.